The van der Waals surface area contributed by atoms with Crippen LogP contribution in [0.3, 0.4) is 0 Å². The molecule has 0 aromatic heterocycles. The molecule has 1 aliphatic heterocycles. The molecule has 2 aromatic rings. The van der Waals surface area contributed by atoms with Crippen molar-refractivity contribution in [2.45, 2.75) is 32.8 Å². The average molecular weight is 323 g/mol. The minimum Gasteiger partial charge on any atom is -0.491 e. The zero-order valence-corrected chi connectivity index (χ0v) is 14.4. The van der Waals surface area contributed by atoms with Gasteiger partial charge in [-0.1, -0.05) is 43.3 Å². The van der Waals surface area contributed by atoms with Crippen LogP contribution in [0.5, 0.6) is 5.75 Å². The van der Waals surface area contributed by atoms with Crippen molar-refractivity contribution in [3.63, 3.8) is 0 Å². The SMILES string of the molecule is CC[C@@H](C)Oc1ccc(Cc2ccc(C3=NCCN3N)cc2)cc1. The first kappa shape index (κ1) is 16.5. The molecule has 2 aromatic carbocycles. The highest BCUT2D eigenvalue weighted by Crippen LogP contribution is 2.18. The van der Waals surface area contributed by atoms with E-state index in [1.165, 1.54) is 11.1 Å². The molecule has 2 N–H and O–H groups in total. The maximum absolute atomic E-state index is 5.92. The molecule has 1 heterocycles. The van der Waals surface area contributed by atoms with Crippen molar-refractivity contribution in [3.05, 3.63) is 65.2 Å². The molecule has 0 bridgehead atoms. The molecule has 1 aliphatic rings. The minimum atomic E-state index is 0.254. The summed E-state index contributed by atoms with van der Waals surface area (Å²) in [5.74, 6) is 7.74. The molecule has 3 rings (SSSR count). The van der Waals surface area contributed by atoms with E-state index in [4.69, 9.17) is 10.6 Å². The predicted octanol–water partition coefficient (Wildman–Crippen LogP) is 3.39. The van der Waals surface area contributed by atoms with E-state index in [9.17, 15) is 0 Å². The molecule has 0 radical (unpaired) electrons. The molecule has 0 saturated carbocycles. The molecule has 0 aliphatic carbocycles. The van der Waals surface area contributed by atoms with Crippen LogP contribution < -0.4 is 10.6 Å². The van der Waals surface area contributed by atoms with Gasteiger partial charge in [0, 0.05) is 5.56 Å². The molecule has 0 fully saturated rings. The van der Waals surface area contributed by atoms with E-state index in [-0.39, 0.29) is 6.10 Å². The lowest BCUT2D eigenvalue weighted by Crippen LogP contribution is -2.34. The first-order valence-electron chi connectivity index (χ1n) is 8.57. The summed E-state index contributed by atoms with van der Waals surface area (Å²) in [5, 5.41) is 1.71. The van der Waals surface area contributed by atoms with Crippen LogP contribution in [-0.4, -0.2) is 30.0 Å². The number of hydrogen-bond acceptors (Lipinski definition) is 4. The highest BCUT2D eigenvalue weighted by molar-refractivity contribution is 5.99. The van der Waals surface area contributed by atoms with Crippen LogP contribution >= 0.6 is 0 Å². The standard InChI is InChI=1S/C20H25N3O/c1-3-15(2)24-19-10-6-17(7-11-19)14-16-4-8-18(9-5-16)20-22-12-13-23(20)21/h4-11,15H,3,12-14,21H2,1-2H3/t15-/m1/s1. The van der Waals surface area contributed by atoms with Gasteiger partial charge >= 0.3 is 0 Å². The van der Waals surface area contributed by atoms with Gasteiger partial charge in [0.1, 0.15) is 11.6 Å². The highest BCUT2D eigenvalue weighted by Gasteiger charge is 2.14. The van der Waals surface area contributed by atoms with E-state index in [1.807, 2.05) is 0 Å². The van der Waals surface area contributed by atoms with Crippen LogP contribution in [0.2, 0.25) is 0 Å². The zero-order chi connectivity index (χ0) is 16.9. The Kier molecular flexibility index (Phi) is 5.16. The van der Waals surface area contributed by atoms with Crippen LogP contribution in [0.25, 0.3) is 0 Å². The lowest BCUT2D eigenvalue weighted by atomic mass is 10.0. The second-order valence-corrected chi connectivity index (χ2v) is 6.25. The molecule has 0 spiro atoms. The van der Waals surface area contributed by atoms with Crippen LogP contribution in [0.4, 0.5) is 0 Å². The molecular weight excluding hydrogens is 298 g/mol. The predicted molar refractivity (Wildman–Crippen MR) is 98.4 cm³/mol. The fourth-order valence-corrected chi connectivity index (χ4v) is 2.73. The van der Waals surface area contributed by atoms with E-state index in [0.29, 0.717) is 0 Å². The molecular formula is C20H25N3O. The van der Waals surface area contributed by atoms with E-state index >= 15 is 0 Å². The van der Waals surface area contributed by atoms with E-state index in [0.717, 1.165) is 43.1 Å². The molecule has 24 heavy (non-hydrogen) atoms. The summed E-state index contributed by atoms with van der Waals surface area (Å²) < 4.78 is 5.82. The van der Waals surface area contributed by atoms with Crippen molar-refractivity contribution in [3.8, 4) is 5.75 Å². The summed E-state index contributed by atoms with van der Waals surface area (Å²) in [4.78, 5) is 4.44. The number of rotatable bonds is 6. The molecule has 4 heteroatoms. The van der Waals surface area contributed by atoms with Crippen molar-refractivity contribution < 1.29 is 4.74 Å². The Morgan fingerprint density at radius 1 is 1.08 bits per heavy atom. The Morgan fingerprint density at radius 2 is 1.71 bits per heavy atom. The normalized spacial score (nSPS) is 15.3. The lowest BCUT2D eigenvalue weighted by Gasteiger charge is -2.14. The number of ether oxygens (including phenoxy) is 1. The Bertz CT molecular complexity index is 692. The number of hydrogen-bond donors (Lipinski definition) is 1. The number of hydrazine groups is 1. The zero-order valence-electron chi connectivity index (χ0n) is 14.4. The molecule has 0 unspecified atom stereocenters. The van der Waals surface area contributed by atoms with Crippen molar-refractivity contribution in [2.75, 3.05) is 13.1 Å². The highest BCUT2D eigenvalue weighted by atomic mass is 16.5. The third-order valence-corrected chi connectivity index (χ3v) is 4.33. The van der Waals surface area contributed by atoms with Crippen LogP contribution in [0.15, 0.2) is 53.5 Å². The number of benzene rings is 2. The van der Waals surface area contributed by atoms with Crippen LogP contribution in [0, 0.1) is 0 Å². The molecule has 0 saturated heterocycles. The van der Waals surface area contributed by atoms with Gasteiger partial charge in [0.25, 0.3) is 0 Å². The Morgan fingerprint density at radius 3 is 2.25 bits per heavy atom. The van der Waals surface area contributed by atoms with E-state index < -0.39 is 0 Å². The first-order chi connectivity index (χ1) is 11.7. The van der Waals surface area contributed by atoms with Crippen molar-refractivity contribution in [1.29, 1.82) is 0 Å². The molecule has 1 atom stereocenters. The van der Waals surface area contributed by atoms with Crippen LogP contribution in [0.1, 0.15) is 37.0 Å². The molecule has 0 amide bonds. The van der Waals surface area contributed by atoms with Gasteiger partial charge in [-0.05, 0) is 43.0 Å². The summed E-state index contributed by atoms with van der Waals surface area (Å²) >= 11 is 0. The summed E-state index contributed by atoms with van der Waals surface area (Å²) in [6.07, 6.45) is 2.17. The van der Waals surface area contributed by atoms with Crippen molar-refractivity contribution in [2.24, 2.45) is 10.8 Å². The Labute approximate surface area is 143 Å². The summed E-state index contributed by atoms with van der Waals surface area (Å²) in [6, 6.07) is 16.9. The minimum absolute atomic E-state index is 0.254. The largest absolute Gasteiger partial charge is 0.491 e. The first-order valence-corrected chi connectivity index (χ1v) is 8.57. The fourth-order valence-electron chi connectivity index (χ4n) is 2.73. The lowest BCUT2D eigenvalue weighted by molar-refractivity contribution is 0.217. The number of nitrogens with zero attached hydrogens (tertiary/aromatic N) is 2. The fraction of sp³-hybridized carbons (Fsp3) is 0.350. The number of nitrogens with two attached hydrogens (primary N) is 1. The van der Waals surface area contributed by atoms with Gasteiger partial charge in [-0.3, -0.25) is 10.0 Å². The topological polar surface area (TPSA) is 50.8 Å². The van der Waals surface area contributed by atoms with Crippen LogP contribution in [-0.2, 0) is 6.42 Å². The summed E-state index contributed by atoms with van der Waals surface area (Å²) in [6.45, 7) is 5.79. The number of aliphatic imine (C=N–C) groups is 1. The molecule has 126 valence electrons. The van der Waals surface area contributed by atoms with Gasteiger partial charge < -0.3 is 4.74 Å². The van der Waals surface area contributed by atoms with Gasteiger partial charge in [-0.2, -0.15) is 0 Å². The van der Waals surface area contributed by atoms with E-state index in [1.54, 1.807) is 5.01 Å². The van der Waals surface area contributed by atoms with Gasteiger partial charge in [-0.25, -0.2) is 5.84 Å². The van der Waals surface area contributed by atoms with E-state index in [2.05, 4.69) is 67.4 Å². The second kappa shape index (κ2) is 7.49. The van der Waals surface area contributed by atoms with Crippen molar-refractivity contribution >= 4 is 5.84 Å². The van der Waals surface area contributed by atoms with Crippen molar-refractivity contribution in [1.82, 2.24) is 5.01 Å². The smallest absolute Gasteiger partial charge is 0.145 e. The van der Waals surface area contributed by atoms with Gasteiger partial charge in [0.15, 0.2) is 0 Å². The average Bonchev–Trinajstić information content (AvgIpc) is 3.03. The van der Waals surface area contributed by atoms with Gasteiger partial charge in [0.2, 0.25) is 0 Å². The Balaban J connectivity index is 1.63. The Hall–Kier alpha value is -2.33. The van der Waals surface area contributed by atoms with Gasteiger partial charge in [-0.15, -0.1) is 0 Å². The maximum Gasteiger partial charge on any atom is 0.145 e. The molecule has 4 nitrogen and oxygen atoms in total. The van der Waals surface area contributed by atoms with Gasteiger partial charge in [0.05, 0.1) is 19.2 Å². The summed E-state index contributed by atoms with van der Waals surface area (Å²) in [7, 11) is 0. The summed E-state index contributed by atoms with van der Waals surface area (Å²) in [5.41, 5.74) is 3.63. The number of amidine groups is 1. The monoisotopic (exact) mass is 323 g/mol. The quantitative estimate of drug-likeness (QED) is 0.829. The third kappa shape index (κ3) is 3.95. The second-order valence-electron chi connectivity index (χ2n) is 6.25. The maximum atomic E-state index is 5.92. The third-order valence-electron chi connectivity index (χ3n) is 4.33.